The topological polar surface area (TPSA) is 79.1 Å². The molecule has 142 valence electrons. The van der Waals surface area contributed by atoms with Gasteiger partial charge >= 0.3 is 5.97 Å². The second-order valence-electron chi connectivity index (χ2n) is 6.11. The van der Waals surface area contributed by atoms with E-state index in [4.69, 9.17) is 14.5 Å². The molecule has 0 amide bonds. The van der Waals surface area contributed by atoms with Gasteiger partial charge in [0.15, 0.2) is 5.65 Å². The first kappa shape index (κ1) is 19.0. The van der Waals surface area contributed by atoms with Gasteiger partial charge in [0.1, 0.15) is 0 Å². The second-order valence-corrected chi connectivity index (χ2v) is 6.11. The summed E-state index contributed by atoms with van der Waals surface area (Å²) in [5, 5.41) is 5.23. The minimum absolute atomic E-state index is 0.224. The number of hydrogen-bond acceptors (Lipinski definition) is 6. The van der Waals surface area contributed by atoms with Gasteiger partial charge in [-0.25, -0.2) is 14.5 Å². The van der Waals surface area contributed by atoms with Crippen molar-refractivity contribution in [1.29, 1.82) is 0 Å². The number of carbonyl (C=O) groups is 1. The molecule has 0 aliphatic rings. The molecular formula is C20H24N4O3. The largest absolute Gasteiger partial charge is 0.462 e. The van der Waals surface area contributed by atoms with Crippen molar-refractivity contribution in [1.82, 2.24) is 19.7 Å². The van der Waals surface area contributed by atoms with E-state index in [-0.39, 0.29) is 13.2 Å². The van der Waals surface area contributed by atoms with Gasteiger partial charge in [-0.2, -0.15) is 5.10 Å². The van der Waals surface area contributed by atoms with Crippen molar-refractivity contribution in [3.8, 4) is 11.1 Å². The fourth-order valence-corrected chi connectivity index (χ4v) is 3.09. The Labute approximate surface area is 158 Å². The molecule has 0 bridgehead atoms. The van der Waals surface area contributed by atoms with Crippen LogP contribution in [0.2, 0.25) is 0 Å². The van der Waals surface area contributed by atoms with Crippen LogP contribution in [0.3, 0.4) is 0 Å². The zero-order valence-electron chi connectivity index (χ0n) is 16.2. The zero-order chi connectivity index (χ0) is 19.4. The highest BCUT2D eigenvalue weighted by atomic mass is 16.5. The molecular weight excluding hydrogens is 344 g/mol. The molecule has 0 aliphatic carbocycles. The molecule has 0 saturated carbocycles. The monoisotopic (exact) mass is 368 g/mol. The van der Waals surface area contributed by atoms with Crippen LogP contribution >= 0.6 is 0 Å². The number of fused-ring (bicyclic) bond motifs is 1. The molecule has 0 spiro atoms. The van der Waals surface area contributed by atoms with Gasteiger partial charge in [0.2, 0.25) is 0 Å². The Bertz CT molecular complexity index is 965. The Morgan fingerprint density at radius 3 is 2.63 bits per heavy atom. The SMILES string of the molecule is CCOCc1nc2c(cnn2CC)c(-c2cncc(C)c2)c1C(=O)OCC. The number of carbonyl (C=O) groups excluding carboxylic acids is 1. The summed E-state index contributed by atoms with van der Waals surface area (Å²) in [5.41, 5.74) is 4.26. The molecule has 0 fully saturated rings. The summed E-state index contributed by atoms with van der Waals surface area (Å²) in [6, 6.07) is 2.00. The fraction of sp³-hybridized carbons (Fsp3) is 0.400. The number of aromatic nitrogens is 4. The lowest BCUT2D eigenvalue weighted by Crippen LogP contribution is -2.14. The standard InChI is InChI=1S/C20H24N4O3/c1-5-24-19-15(11-22-24)17(14-8-13(4)9-21-10-14)18(20(25)27-7-3)16(23-19)12-26-6-2/h8-11H,5-7,12H2,1-4H3. The average molecular weight is 368 g/mol. The maximum Gasteiger partial charge on any atom is 0.340 e. The van der Waals surface area contributed by atoms with Crippen LogP contribution < -0.4 is 0 Å². The highest BCUT2D eigenvalue weighted by Gasteiger charge is 2.25. The second kappa shape index (κ2) is 8.26. The first-order valence-corrected chi connectivity index (χ1v) is 9.15. The van der Waals surface area contributed by atoms with Gasteiger partial charge in [-0.05, 0) is 39.3 Å². The molecule has 7 heteroatoms. The molecule has 0 aromatic carbocycles. The van der Waals surface area contributed by atoms with Gasteiger partial charge in [-0.1, -0.05) is 0 Å². The Hall–Kier alpha value is -2.80. The lowest BCUT2D eigenvalue weighted by molar-refractivity contribution is 0.0519. The van der Waals surface area contributed by atoms with Crippen molar-refractivity contribution >= 4 is 17.0 Å². The van der Waals surface area contributed by atoms with Gasteiger partial charge in [-0.3, -0.25) is 4.98 Å². The average Bonchev–Trinajstić information content (AvgIpc) is 3.07. The number of aryl methyl sites for hydroxylation is 2. The summed E-state index contributed by atoms with van der Waals surface area (Å²) in [6.07, 6.45) is 5.28. The molecule has 0 radical (unpaired) electrons. The summed E-state index contributed by atoms with van der Waals surface area (Å²) in [4.78, 5) is 21.9. The number of rotatable bonds is 7. The summed E-state index contributed by atoms with van der Waals surface area (Å²) < 4.78 is 12.7. The van der Waals surface area contributed by atoms with Crippen molar-refractivity contribution in [2.75, 3.05) is 13.2 Å². The van der Waals surface area contributed by atoms with Crippen molar-refractivity contribution in [2.45, 2.75) is 40.8 Å². The summed E-state index contributed by atoms with van der Waals surface area (Å²) in [6.45, 7) is 9.37. The Morgan fingerprint density at radius 1 is 1.15 bits per heavy atom. The third kappa shape index (κ3) is 3.68. The van der Waals surface area contributed by atoms with E-state index in [1.54, 1.807) is 25.5 Å². The van der Waals surface area contributed by atoms with Crippen LogP contribution in [0.15, 0.2) is 24.7 Å². The lowest BCUT2D eigenvalue weighted by atomic mass is 9.96. The van der Waals surface area contributed by atoms with Gasteiger partial charge in [0, 0.05) is 42.1 Å². The smallest absolute Gasteiger partial charge is 0.340 e. The van der Waals surface area contributed by atoms with Crippen LogP contribution in [-0.4, -0.2) is 38.9 Å². The van der Waals surface area contributed by atoms with Crippen molar-refractivity contribution < 1.29 is 14.3 Å². The van der Waals surface area contributed by atoms with Crippen molar-refractivity contribution in [3.63, 3.8) is 0 Å². The van der Waals surface area contributed by atoms with E-state index in [1.165, 1.54) is 0 Å². The molecule has 3 aromatic heterocycles. The molecule has 7 nitrogen and oxygen atoms in total. The maximum atomic E-state index is 12.9. The van der Waals surface area contributed by atoms with Crippen LogP contribution in [0.1, 0.15) is 42.4 Å². The minimum Gasteiger partial charge on any atom is -0.462 e. The summed E-state index contributed by atoms with van der Waals surface area (Å²) in [7, 11) is 0. The van der Waals surface area contributed by atoms with E-state index in [1.807, 2.05) is 31.5 Å². The number of pyridine rings is 2. The zero-order valence-corrected chi connectivity index (χ0v) is 16.2. The highest BCUT2D eigenvalue weighted by Crippen LogP contribution is 2.34. The van der Waals surface area contributed by atoms with E-state index < -0.39 is 5.97 Å². The lowest BCUT2D eigenvalue weighted by Gasteiger charge is -2.15. The highest BCUT2D eigenvalue weighted by molar-refractivity contribution is 6.07. The maximum absolute atomic E-state index is 12.9. The number of hydrogen-bond donors (Lipinski definition) is 0. The summed E-state index contributed by atoms with van der Waals surface area (Å²) >= 11 is 0. The number of nitrogens with zero attached hydrogens (tertiary/aromatic N) is 4. The van der Waals surface area contributed by atoms with E-state index in [0.717, 1.165) is 27.7 Å². The minimum atomic E-state index is -0.414. The van der Waals surface area contributed by atoms with Gasteiger partial charge < -0.3 is 9.47 Å². The molecule has 0 saturated heterocycles. The fourth-order valence-electron chi connectivity index (χ4n) is 3.09. The third-order valence-corrected chi connectivity index (χ3v) is 4.25. The molecule has 27 heavy (non-hydrogen) atoms. The third-order valence-electron chi connectivity index (χ3n) is 4.25. The van der Waals surface area contributed by atoms with Gasteiger partial charge in [0.05, 0.1) is 30.7 Å². The number of ether oxygens (including phenoxy) is 2. The molecule has 0 aliphatic heterocycles. The van der Waals surface area contributed by atoms with E-state index >= 15 is 0 Å². The molecule has 3 heterocycles. The normalized spacial score (nSPS) is 11.1. The predicted molar refractivity (Wildman–Crippen MR) is 102 cm³/mol. The molecule has 3 rings (SSSR count). The first-order valence-electron chi connectivity index (χ1n) is 9.15. The van der Waals surface area contributed by atoms with Crippen molar-refractivity contribution in [3.05, 3.63) is 41.5 Å². The quantitative estimate of drug-likeness (QED) is 0.594. The molecule has 0 unspecified atom stereocenters. The van der Waals surface area contributed by atoms with Crippen LogP contribution in [0.4, 0.5) is 0 Å². The Morgan fingerprint density at radius 2 is 1.96 bits per heavy atom. The Balaban J connectivity index is 2.37. The van der Waals surface area contributed by atoms with E-state index in [2.05, 4.69) is 10.1 Å². The molecule has 0 N–H and O–H groups in total. The summed E-state index contributed by atoms with van der Waals surface area (Å²) in [5.74, 6) is -0.414. The van der Waals surface area contributed by atoms with E-state index in [0.29, 0.717) is 24.4 Å². The number of esters is 1. The molecule has 0 atom stereocenters. The first-order chi connectivity index (χ1) is 13.1. The molecule has 3 aromatic rings. The Kier molecular flexibility index (Phi) is 5.81. The van der Waals surface area contributed by atoms with E-state index in [9.17, 15) is 4.79 Å². The van der Waals surface area contributed by atoms with Gasteiger partial charge in [0.25, 0.3) is 0 Å². The predicted octanol–water partition coefficient (Wildman–Crippen LogP) is 3.53. The van der Waals surface area contributed by atoms with Crippen LogP contribution in [0.5, 0.6) is 0 Å². The van der Waals surface area contributed by atoms with Gasteiger partial charge in [-0.15, -0.1) is 0 Å². The van der Waals surface area contributed by atoms with Crippen LogP contribution in [0.25, 0.3) is 22.2 Å². The van der Waals surface area contributed by atoms with Crippen LogP contribution in [-0.2, 0) is 22.6 Å². The van der Waals surface area contributed by atoms with Crippen LogP contribution in [0, 0.1) is 6.92 Å². The van der Waals surface area contributed by atoms with Crippen molar-refractivity contribution in [2.24, 2.45) is 0 Å².